The summed E-state index contributed by atoms with van der Waals surface area (Å²) in [6.45, 7) is 5.68. The van der Waals surface area contributed by atoms with Crippen molar-refractivity contribution >= 4 is 27.5 Å². The number of halogens is 2. The smallest absolute Gasteiger partial charge is 0.0409 e. The molecule has 1 rings (SSSR count). The van der Waals surface area contributed by atoms with Crippen molar-refractivity contribution in [2.75, 3.05) is 18.9 Å². The molecule has 0 fully saturated rings. The van der Waals surface area contributed by atoms with Gasteiger partial charge in [0.25, 0.3) is 0 Å². The Labute approximate surface area is 125 Å². The fourth-order valence-electron chi connectivity index (χ4n) is 1.97. The summed E-state index contributed by atoms with van der Waals surface area (Å²) in [6.07, 6.45) is 2.49. The first-order chi connectivity index (χ1) is 8.54. The van der Waals surface area contributed by atoms with Gasteiger partial charge in [-0.05, 0) is 57.0 Å². The Balaban J connectivity index is 2.48. The van der Waals surface area contributed by atoms with Gasteiger partial charge in [0, 0.05) is 16.4 Å². The predicted molar refractivity (Wildman–Crippen MR) is 84.7 cm³/mol. The highest BCUT2D eigenvalue weighted by Gasteiger charge is 2.12. The molecule has 0 aliphatic heterocycles. The molecule has 1 aromatic carbocycles. The molecule has 0 aromatic heterocycles. The zero-order valence-corrected chi connectivity index (χ0v) is 13.8. The summed E-state index contributed by atoms with van der Waals surface area (Å²) in [7, 11) is 2.19. The summed E-state index contributed by atoms with van der Waals surface area (Å²) in [4.78, 5) is 2.40. The van der Waals surface area contributed by atoms with Crippen LogP contribution in [0.2, 0.25) is 5.02 Å². The van der Waals surface area contributed by atoms with Gasteiger partial charge >= 0.3 is 0 Å². The topological polar surface area (TPSA) is 3.24 Å². The molecule has 0 bridgehead atoms. The first-order valence-corrected chi connectivity index (χ1v) is 8.06. The van der Waals surface area contributed by atoms with Crippen LogP contribution in [-0.2, 0) is 0 Å². The molecular weight excluding hydrogens is 310 g/mol. The first-order valence-electron chi connectivity index (χ1n) is 6.56. The molecule has 2 unspecified atom stereocenters. The van der Waals surface area contributed by atoms with Crippen molar-refractivity contribution in [3.8, 4) is 0 Å². The van der Waals surface area contributed by atoms with Gasteiger partial charge < -0.3 is 0 Å². The number of hydrogen-bond acceptors (Lipinski definition) is 1. The largest absolute Gasteiger partial charge is 0.300 e. The van der Waals surface area contributed by atoms with E-state index in [0.29, 0.717) is 6.04 Å². The zero-order valence-electron chi connectivity index (χ0n) is 11.5. The molecule has 1 aromatic rings. The van der Waals surface area contributed by atoms with Crippen LogP contribution in [0.4, 0.5) is 0 Å². The molecule has 0 spiro atoms. The molecule has 0 amide bonds. The fourth-order valence-corrected chi connectivity index (χ4v) is 2.95. The Morgan fingerprint density at radius 1 is 1.28 bits per heavy atom. The SMILES string of the molecule is CC(CCBr)CCN(C)C(C)c1cccc(Cl)c1. The maximum Gasteiger partial charge on any atom is 0.0409 e. The van der Waals surface area contributed by atoms with Gasteiger partial charge in [0.15, 0.2) is 0 Å². The van der Waals surface area contributed by atoms with E-state index in [2.05, 4.69) is 53.9 Å². The standard InChI is InChI=1S/C15H23BrClN/c1-12(7-9-16)8-10-18(3)13(2)14-5-4-6-15(17)11-14/h4-6,11-13H,7-10H2,1-3H3. The molecule has 18 heavy (non-hydrogen) atoms. The Kier molecular flexibility index (Phi) is 7.28. The molecule has 0 saturated heterocycles. The lowest BCUT2D eigenvalue weighted by atomic mass is 10.0. The molecule has 102 valence electrons. The third-order valence-electron chi connectivity index (χ3n) is 3.57. The third kappa shape index (κ3) is 5.29. The van der Waals surface area contributed by atoms with Crippen LogP contribution < -0.4 is 0 Å². The van der Waals surface area contributed by atoms with E-state index < -0.39 is 0 Å². The van der Waals surface area contributed by atoms with E-state index in [1.165, 1.54) is 18.4 Å². The quantitative estimate of drug-likeness (QED) is 0.625. The van der Waals surface area contributed by atoms with Gasteiger partial charge in [0.1, 0.15) is 0 Å². The van der Waals surface area contributed by atoms with Gasteiger partial charge in [-0.25, -0.2) is 0 Å². The molecule has 0 radical (unpaired) electrons. The minimum absolute atomic E-state index is 0.417. The van der Waals surface area contributed by atoms with E-state index in [1.807, 2.05) is 12.1 Å². The van der Waals surface area contributed by atoms with E-state index in [0.717, 1.165) is 22.8 Å². The summed E-state index contributed by atoms with van der Waals surface area (Å²) >= 11 is 9.54. The highest BCUT2D eigenvalue weighted by Crippen LogP contribution is 2.22. The van der Waals surface area contributed by atoms with E-state index in [-0.39, 0.29) is 0 Å². The van der Waals surface area contributed by atoms with Crippen LogP contribution in [0, 0.1) is 5.92 Å². The van der Waals surface area contributed by atoms with E-state index in [1.54, 1.807) is 0 Å². The van der Waals surface area contributed by atoms with Crippen LogP contribution in [0.25, 0.3) is 0 Å². The Morgan fingerprint density at radius 3 is 2.61 bits per heavy atom. The average molecular weight is 333 g/mol. The summed E-state index contributed by atoms with van der Waals surface area (Å²) in [5.74, 6) is 0.776. The summed E-state index contributed by atoms with van der Waals surface area (Å²) in [5.41, 5.74) is 1.29. The second-order valence-corrected chi connectivity index (χ2v) is 6.31. The van der Waals surface area contributed by atoms with Gasteiger partial charge in [-0.15, -0.1) is 0 Å². The Hall–Kier alpha value is -0.0500. The van der Waals surface area contributed by atoms with Crippen LogP contribution in [0.15, 0.2) is 24.3 Å². The monoisotopic (exact) mass is 331 g/mol. The molecule has 0 heterocycles. The normalized spacial score (nSPS) is 14.8. The molecule has 1 nitrogen and oxygen atoms in total. The summed E-state index contributed by atoms with van der Waals surface area (Å²) in [5, 5.41) is 1.92. The minimum atomic E-state index is 0.417. The van der Waals surface area contributed by atoms with Crippen LogP contribution in [-0.4, -0.2) is 23.8 Å². The van der Waals surface area contributed by atoms with Crippen LogP contribution in [0.1, 0.15) is 38.3 Å². The van der Waals surface area contributed by atoms with E-state index in [4.69, 9.17) is 11.6 Å². The van der Waals surface area contributed by atoms with Gasteiger partial charge in [-0.2, -0.15) is 0 Å². The van der Waals surface area contributed by atoms with Crippen molar-refractivity contribution < 1.29 is 0 Å². The van der Waals surface area contributed by atoms with Gasteiger partial charge in [0.05, 0.1) is 0 Å². The molecular formula is C15H23BrClN. The highest BCUT2D eigenvalue weighted by molar-refractivity contribution is 9.09. The second kappa shape index (κ2) is 8.19. The van der Waals surface area contributed by atoms with Crippen molar-refractivity contribution in [1.82, 2.24) is 4.90 Å². The maximum absolute atomic E-state index is 6.04. The maximum atomic E-state index is 6.04. The minimum Gasteiger partial charge on any atom is -0.300 e. The number of rotatable bonds is 7. The first kappa shape index (κ1) is 16.0. The van der Waals surface area contributed by atoms with Crippen molar-refractivity contribution in [3.63, 3.8) is 0 Å². The van der Waals surface area contributed by atoms with Crippen molar-refractivity contribution in [2.24, 2.45) is 5.92 Å². The van der Waals surface area contributed by atoms with Gasteiger partial charge in [-0.3, -0.25) is 4.90 Å². The van der Waals surface area contributed by atoms with Crippen molar-refractivity contribution in [3.05, 3.63) is 34.9 Å². The molecule has 0 N–H and O–H groups in total. The van der Waals surface area contributed by atoms with Gasteiger partial charge in [-0.1, -0.05) is 46.6 Å². The molecule has 0 aliphatic rings. The summed E-state index contributed by atoms with van der Waals surface area (Å²) in [6, 6.07) is 8.57. The highest BCUT2D eigenvalue weighted by atomic mass is 79.9. The zero-order chi connectivity index (χ0) is 13.5. The predicted octanol–water partition coefficient (Wildman–Crippen LogP) is 5.14. The fraction of sp³-hybridized carbons (Fsp3) is 0.600. The van der Waals surface area contributed by atoms with E-state index in [9.17, 15) is 0 Å². The van der Waals surface area contributed by atoms with Crippen molar-refractivity contribution in [2.45, 2.75) is 32.7 Å². The van der Waals surface area contributed by atoms with Gasteiger partial charge in [0.2, 0.25) is 0 Å². The molecule has 2 atom stereocenters. The molecule has 0 saturated carbocycles. The van der Waals surface area contributed by atoms with E-state index >= 15 is 0 Å². The van der Waals surface area contributed by atoms with Crippen LogP contribution in [0.3, 0.4) is 0 Å². The molecule has 3 heteroatoms. The lowest BCUT2D eigenvalue weighted by molar-refractivity contribution is 0.242. The third-order valence-corrected chi connectivity index (χ3v) is 4.26. The molecule has 0 aliphatic carbocycles. The second-order valence-electron chi connectivity index (χ2n) is 5.08. The Bertz CT molecular complexity index is 356. The number of alkyl halides is 1. The number of hydrogen-bond donors (Lipinski definition) is 0. The van der Waals surface area contributed by atoms with Crippen molar-refractivity contribution in [1.29, 1.82) is 0 Å². The average Bonchev–Trinajstić information content (AvgIpc) is 2.35. The lowest BCUT2D eigenvalue weighted by Gasteiger charge is -2.26. The lowest BCUT2D eigenvalue weighted by Crippen LogP contribution is -2.24. The summed E-state index contributed by atoms with van der Waals surface area (Å²) < 4.78 is 0. The Morgan fingerprint density at radius 2 is 2.00 bits per heavy atom. The van der Waals surface area contributed by atoms with Crippen LogP contribution in [0.5, 0.6) is 0 Å². The number of benzene rings is 1. The van der Waals surface area contributed by atoms with Crippen LogP contribution >= 0.6 is 27.5 Å². The number of nitrogens with zero attached hydrogens (tertiary/aromatic N) is 1.